The molecule has 0 radical (unpaired) electrons. The Balaban J connectivity index is 0.000000506. The number of phenolic OH excluding ortho intramolecular Hbond substituents is 1. The van der Waals surface area contributed by atoms with Gasteiger partial charge in [-0.05, 0) is 38.0 Å². The van der Waals surface area contributed by atoms with E-state index in [1.54, 1.807) is 32.0 Å². The standard InChI is InChI=1S/C12H16O3.C6H12O3/c1-2-3-6-9-15-12(14)10-7-4-5-8-11(10)13;1-4(2)6(9)5(8)3-7/h4-5,7-8,13H,2-3,6,9H2,1H3;5,7-9H,3H2,1-2H3. The average molecular weight is 340 g/mol. The monoisotopic (exact) mass is 340 g/mol. The highest BCUT2D eigenvalue weighted by Gasteiger charge is 2.10. The predicted molar refractivity (Wildman–Crippen MR) is 92.0 cm³/mol. The number of aromatic hydroxyl groups is 1. The molecule has 4 N–H and O–H groups in total. The summed E-state index contributed by atoms with van der Waals surface area (Å²) in [6.07, 6.45) is 1.90. The molecule has 1 rings (SSSR count). The highest BCUT2D eigenvalue weighted by atomic mass is 16.5. The van der Waals surface area contributed by atoms with Crippen molar-refractivity contribution in [2.24, 2.45) is 0 Å². The van der Waals surface area contributed by atoms with Crippen molar-refractivity contribution >= 4 is 5.97 Å². The van der Waals surface area contributed by atoms with Crippen LogP contribution in [-0.4, -0.2) is 45.7 Å². The summed E-state index contributed by atoms with van der Waals surface area (Å²) in [6.45, 7) is 5.39. The van der Waals surface area contributed by atoms with Crippen LogP contribution in [0.3, 0.4) is 0 Å². The van der Waals surface area contributed by atoms with Crippen molar-refractivity contribution in [1.82, 2.24) is 0 Å². The van der Waals surface area contributed by atoms with Gasteiger partial charge in [0.1, 0.15) is 23.2 Å². The lowest BCUT2D eigenvalue weighted by Gasteiger charge is -2.06. The highest BCUT2D eigenvalue weighted by molar-refractivity contribution is 5.92. The Morgan fingerprint density at radius 3 is 2.29 bits per heavy atom. The molecule has 1 aromatic rings. The topological polar surface area (TPSA) is 107 Å². The van der Waals surface area contributed by atoms with Crippen LogP contribution in [0, 0.1) is 0 Å². The third-order valence-electron chi connectivity index (χ3n) is 3.11. The molecule has 0 bridgehead atoms. The molecule has 0 heterocycles. The van der Waals surface area contributed by atoms with Crippen LogP contribution >= 0.6 is 0 Å². The van der Waals surface area contributed by atoms with Gasteiger partial charge in [0.15, 0.2) is 0 Å². The maximum atomic E-state index is 11.4. The number of esters is 1. The molecule has 6 nitrogen and oxygen atoms in total. The molecule has 136 valence electrons. The number of carbonyl (C=O) groups excluding carboxylic acids is 1. The first-order chi connectivity index (χ1) is 11.3. The molecule has 1 atom stereocenters. The quantitative estimate of drug-likeness (QED) is 0.345. The van der Waals surface area contributed by atoms with Gasteiger partial charge >= 0.3 is 5.97 Å². The minimum Gasteiger partial charge on any atom is -0.510 e. The van der Waals surface area contributed by atoms with E-state index >= 15 is 0 Å². The van der Waals surface area contributed by atoms with Crippen LogP contribution in [0.1, 0.15) is 50.4 Å². The first-order valence-electron chi connectivity index (χ1n) is 7.95. The van der Waals surface area contributed by atoms with Gasteiger partial charge in [0.25, 0.3) is 0 Å². The molecule has 0 saturated carbocycles. The van der Waals surface area contributed by atoms with Gasteiger partial charge in [0.2, 0.25) is 0 Å². The first kappa shape index (κ1) is 21.9. The zero-order valence-electron chi connectivity index (χ0n) is 14.5. The molecule has 0 fully saturated rings. The van der Waals surface area contributed by atoms with Crippen molar-refractivity contribution in [3.8, 4) is 5.75 Å². The van der Waals surface area contributed by atoms with E-state index in [1.165, 1.54) is 6.07 Å². The molecule has 0 amide bonds. The summed E-state index contributed by atoms with van der Waals surface area (Å²) in [5.41, 5.74) is 0.852. The van der Waals surface area contributed by atoms with Crippen LogP contribution in [0.15, 0.2) is 35.6 Å². The molecule has 0 aliphatic carbocycles. The third kappa shape index (κ3) is 8.55. The van der Waals surface area contributed by atoms with Gasteiger partial charge in [0.05, 0.1) is 13.2 Å². The van der Waals surface area contributed by atoms with E-state index < -0.39 is 18.7 Å². The van der Waals surface area contributed by atoms with Crippen LogP contribution in [-0.2, 0) is 4.74 Å². The minimum atomic E-state index is -1.12. The van der Waals surface area contributed by atoms with Crippen LogP contribution in [0.25, 0.3) is 0 Å². The van der Waals surface area contributed by atoms with Crippen LogP contribution < -0.4 is 0 Å². The molecule has 0 aliphatic heterocycles. The van der Waals surface area contributed by atoms with Gasteiger partial charge in [-0.2, -0.15) is 0 Å². The summed E-state index contributed by atoms with van der Waals surface area (Å²) in [7, 11) is 0. The number of rotatable bonds is 7. The average Bonchev–Trinajstić information content (AvgIpc) is 2.58. The second-order valence-corrected chi connectivity index (χ2v) is 5.44. The summed E-state index contributed by atoms with van der Waals surface area (Å²) < 4.78 is 5.01. The number of hydrogen-bond acceptors (Lipinski definition) is 6. The zero-order valence-corrected chi connectivity index (χ0v) is 14.5. The predicted octanol–water partition coefficient (Wildman–Crippen LogP) is 2.93. The van der Waals surface area contributed by atoms with Gasteiger partial charge < -0.3 is 25.2 Å². The van der Waals surface area contributed by atoms with Crippen LogP contribution in [0.4, 0.5) is 0 Å². The molecule has 0 aromatic heterocycles. The van der Waals surface area contributed by atoms with Gasteiger partial charge in [-0.1, -0.05) is 31.9 Å². The molecule has 0 saturated heterocycles. The summed E-state index contributed by atoms with van der Waals surface area (Å²) >= 11 is 0. The number of ether oxygens (including phenoxy) is 1. The van der Waals surface area contributed by atoms with Gasteiger partial charge in [0, 0.05) is 0 Å². The second kappa shape index (κ2) is 12.4. The number of aliphatic hydroxyl groups excluding tert-OH is 3. The number of carbonyl (C=O) groups is 1. The number of phenols is 1. The number of hydrogen-bond donors (Lipinski definition) is 4. The molecular weight excluding hydrogens is 312 g/mol. The number of para-hydroxylation sites is 1. The lowest BCUT2D eigenvalue weighted by Crippen LogP contribution is -2.15. The van der Waals surface area contributed by atoms with Crippen molar-refractivity contribution in [2.45, 2.75) is 46.1 Å². The SMILES string of the molecule is CC(C)=C(O)C(O)CO.CCCCCOC(=O)c1ccccc1O. The van der Waals surface area contributed by atoms with Crippen molar-refractivity contribution in [2.75, 3.05) is 13.2 Å². The molecular formula is C18H28O6. The molecule has 6 heteroatoms. The van der Waals surface area contributed by atoms with Gasteiger partial charge in [-0.15, -0.1) is 0 Å². The number of aliphatic hydroxyl groups is 3. The van der Waals surface area contributed by atoms with Crippen molar-refractivity contribution in [1.29, 1.82) is 0 Å². The molecule has 0 aliphatic rings. The Hall–Kier alpha value is -2.05. The number of benzene rings is 1. The largest absolute Gasteiger partial charge is 0.510 e. The Morgan fingerprint density at radius 1 is 1.21 bits per heavy atom. The van der Waals surface area contributed by atoms with E-state index in [1.807, 2.05) is 0 Å². The Bertz CT molecular complexity index is 520. The Kier molecular flexibility index (Phi) is 11.3. The van der Waals surface area contributed by atoms with Crippen molar-refractivity contribution in [3.05, 3.63) is 41.2 Å². The van der Waals surface area contributed by atoms with Crippen molar-refractivity contribution in [3.63, 3.8) is 0 Å². The Labute approximate surface area is 143 Å². The molecule has 24 heavy (non-hydrogen) atoms. The van der Waals surface area contributed by atoms with E-state index in [-0.39, 0.29) is 17.1 Å². The minimum absolute atomic E-state index is 0.0296. The number of allylic oxidation sites excluding steroid dienone is 1. The van der Waals surface area contributed by atoms with Crippen LogP contribution in [0.2, 0.25) is 0 Å². The lowest BCUT2D eigenvalue weighted by atomic mass is 10.2. The van der Waals surface area contributed by atoms with E-state index in [9.17, 15) is 9.90 Å². The lowest BCUT2D eigenvalue weighted by molar-refractivity contribution is 0.0495. The molecule has 1 unspecified atom stereocenters. The fourth-order valence-electron chi connectivity index (χ4n) is 1.66. The second-order valence-electron chi connectivity index (χ2n) is 5.44. The third-order valence-corrected chi connectivity index (χ3v) is 3.11. The molecule has 0 spiro atoms. The Morgan fingerprint density at radius 2 is 1.83 bits per heavy atom. The summed E-state index contributed by atoms with van der Waals surface area (Å²) in [4.78, 5) is 11.4. The van der Waals surface area contributed by atoms with Gasteiger partial charge in [-0.3, -0.25) is 0 Å². The van der Waals surface area contributed by atoms with E-state index in [0.29, 0.717) is 12.2 Å². The normalized spacial score (nSPS) is 11.0. The fourth-order valence-corrected chi connectivity index (χ4v) is 1.66. The maximum Gasteiger partial charge on any atom is 0.341 e. The fraction of sp³-hybridized carbons (Fsp3) is 0.500. The summed E-state index contributed by atoms with van der Waals surface area (Å²) in [5.74, 6) is -0.625. The first-order valence-corrected chi connectivity index (χ1v) is 7.95. The van der Waals surface area contributed by atoms with Crippen LogP contribution in [0.5, 0.6) is 5.75 Å². The van der Waals surface area contributed by atoms with Gasteiger partial charge in [-0.25, -0.2) is 4.79 Å². The summed E-state index contributed by atoms with van der Waals surface area (Å²) in [5, 5.41) is 35.3. The highest BCUT2D eigenvalue weighted by Crippen LogP contribution is 2.16. The zero-order chi connectivity index (χ0) is 18.5. The maximum absolute atomic E-state index is 11.4. The van der Waals surface area contributed by atoms with Crippen molar-refractivity contribution < 1.29 is 30.0 Å². The van der Waals surface area contributed by atoms with E-state index in [0.717, 1.165) is 19.3 Å². The summed E-state index contributed by atoms with van der Waals surface area (Å²) in [6, 6.07) is 6.39. The molecule has 1 aromatic carbocycles. The van der Waals surface area contributed by atoms with E-state index in [4.69, 9.17) is 20.1 Å². The van der Waals surface area contributed by atoms with E-state index in [2.05, 4.69) is 6.92 Å². The smallest absolute Gasteiger partial charge is 0.341 e. The number of unbranched alkanes of at least 4 members (excludes halogenated alkanes) is 2.